The van der Waals surface area contributed by atoms with E-state index >= 15 is 0 Å². The number of pyridine rings is 1. The number of benzene rings is 1. The lowest BCUT2D eigenvalue weighted by molar-refractivity contribution is -0.118. The summed E-state index contributed by atoms with van der Waals surface area (Å²) in [6.45, 7) is -0.281. The molecule has 0 unspecified atom stereocenters. The number of hydrogen-bond donors (Lipinski definition) is 1. The standard InChI is InChI=1S/C18H18N4O5/c1-21-16-15(17(24)22(2)18(21)25)11(8-9-19-16)20-14(23)10-27-13-7-5-4-6-12(13)26-3/h4-9H,10H2,1-3H3,(H,19,20,23). The van der Waals surface area contributed by atoms with Crippen LogP contribution in [0.3, 0.4) is 0 Å². The second-order valence-corrected chi connectivity index (χ2v) is 5.75. The minimum atomic E-state index is -0.540. The van der Waals surface area contributed by atoms with Crippen LogP contribution in [0.15, 0.2) is 46.1 Å². The average Bonchev–Trinajstić information content (AvgIpc) is 2.69. The molecule has 0 aliphatic rings. The molecule has 9 heteroatoms. The monoisotopic (exact) mass is 370 g/mol. The third-order valence-electron chi connectivity index (χ3n) is 4.04. The molecule has 1 N–H and O–H groups in total. The first-order valence-corrected chi connectivity index (χ1v) is 8.04. The Balaban J connectivity index is 1.88. The van der Waals surface area contributed by atoms with Gasteiger partial charge in [0.25, 0.3) is 11.5 Å². The predicted octanol–water partition coefficient (Wildman–Crippen LogP) is 0.658. The summed E-state index contributed by atoms with van der Waals surface area (Å²) in [5.41, 5.74) is -0.596. The van der Waals surface area contributed by atoms with Crippen molar-refractivity contribution >= 4 is 22.6 Å². The van der Waals surface area contributed by atoms with Crippen LogP contribution in [0.5, 0.6) is 11.5 Å². The van der Waals surface area contributed by atoms with Crippen LogP contribution in [0.1, 0.15) is 0 Å². The Bertz CT molecular complexity index is 1130. The van der Waals surface area contributed by atoms with Crippen molar-refractivity contribution in [3.63, 3.8) is 0 Å². The molecule has 2 aromatic heterocycles. The summed E-state index contributed by atoms with van der Waals surface area (Å²) in [7, 11) is 4.38. The number of aromatic nitrogens is 3. The number of methoxy groups -OCH3 is 1. The molecule has 140 valence electrons. The number of hydrogen-bond acceptors (Lipinski definition) is 6. The Labute approximate surface area is 153 Å². The molecule has 3 aromatic rings. The quantitative estimate of drug-likeness (QED) is 0.707. The Hall–Kier alpha value is -3.62. The van der Waals surface area contributed by atoms with Crippen LogP contribution in [0.2, 0.25) is 0 Å². The Kier molecular flexibility index (Phi) is 4.93. The smallest absolute Gasteiger partial charge is 0.332 e. The molecular weight excluding hydrogens is 352 g/mol. The Morgan fingerprint density at radius 3 is 2.52 bits per heavy atom. The van der Waals surface area contributed by atoms with E-state index in [1.54, 1.807) is 24.3 Å². The molecule has 0 atom stereocenters. The summed E-state index contributed by atoms with van der Waals surface area (Å²) < 4.78 is 12.9. The zero-order valence-corrected chi connectivity index (χ0v) is 15.1. The zero-order valence-electron chi connectivity index (χ0n) is 15.1. The van der Waals surface area contributed by atoms with Gasteiger partial charge in [0.2, 0.25) is 0 Å². The molecule has 0 aliphatic heterocycles. The van der Waals surface area contributed by atoms with Crippen molar-refractivity contribution in [2.45, 2.75) is 0 Å². The van der Waals surface area contributed by atoms with Crippen LogP contribution in [0.4, 0.5) is 5.69 Å². The van der Waals surface area contributed by atoms with Gasteiger partial charge in [0.15, 0.2) is 23.8 Å². The predicted molar refractivity (Wildman–Crippen MR) is 99.3 cm³/mol. The number of para-hydroxylation sites is 2. The molecule has 1 amide bonds. The van der Waals surface area contributed by atoms with E-state index in [4.69, 9.17) is 9.47 Å². The molecule has 27 heavy (non-hydrogen) atoms. The molecule has 0 radical (unpaired) electrons. The lowest BCUT2D eigenvalue weighted by atomic mass is 10.2. The van der Waals surface area contributed by atoms with Gasteiger partial charge in [-0.15, -0.1) is 0 Å². The molecule has 0 bridgehead atoms. The minimum Gasteiger partial charge on any atom is -0.493 e. The van der Waals surface area contributed by atoms with Gasteiger partial charge in [-0.1, -0.05) is 12.1 Å². The van der Waals surface area contributed by atoms with Crippen molar-refractivity contribution in [1.29, 1.82) is 0 Å². The molecule has 0 fully saturated rings. The fourth-order valence-electron chi connectivity index (χ4n) is 2.66. The molecule has 0 saturated carbocycles. The van der Waals surface area contributed by atoms with Gasteiger partial charge in [0.05, 0.1) is 12.8 Å². The Morgan fingerprint density at radius 1 is 1.11 bits per heavy atom. The lowest BCUT2D eigenvalue weighted by Gasteiger charge is -2.12. The van der Waals surface area contributed by atoms with Crippen molar-refractivity contribution in [3.8, 4) is 11.5 Å². The van der Waals surface area contributed by atoms with Crippen molar-refractivity contribution in [3.05, 3.63) is 57.4 Å². The van der Waals surface area contributed by atoms with Crippen LogP contribution in [0, 0.1) is 0 Å². The van der Waals surface area contributed by atoms with Crippen LogP contribution >= 0.6 is 0 Å². The molecule has 0 saturated heterocycles. The van der Waals surface area contributed by atoms with Gasteiger partial charge in [0.1, 0.15) is 5.39 Å². The number of aryl methyl sites for hydroxylation is 1. The number of ether oxygens (including phenoxy) is 2. The molecule has 1 aromatic carbocycles. The molecule has 2 heterocycles. The van der Waals surface area contributed by atoms with Crippen LogP contribution in [-0.2, 0) is 18.9 Å². The van der Waals surface area contributed by atoms with Crippen molar-refractivity contribution in [2.24, 2.45) is 14.1 Å². The van der Waals surface area contributed by atoms with Gasteiger partial charge in [-0.05, 0) is 18.2 Å². The number of anilines is 1. The number of rotatable bonds is 5. The molecule has 3 rings (SSSR count). The molecule has 9 nitrogen and oxygen atoms in total. The maximum atomic E-state index is 12.5. The minimum absolute atomic E-state index is 0.146. The fraction of sp³-hybridized carbons (Fsp3) is 0.222. The van der Waals surface area contributed by atoms with Crippen LogP contribution in [-0.4, -0.2) is 33.7 Å². The first kappa shape index (κ1) is 18.2. The second-order valence-electron chi connectivity index (χ2n) is 5.75. The van der Waals surface area contributed by atoms with Gasteiger partial charge < -0.3 is 14.8 Å². The normalized spacial score (nSPS) is 10.6. The highest BCUT2D eigenvalue weighted by molar-refractivity contribution is 6.00. The van der Waals surface area contributed by atoms with E-state index in [-0.39, 0.29) is 23.3 Å². The lowest BCUT2D eigenvalue weighted by Crippen LogP contribution is -2.37. The highest BCUT2D eigenvalue weighted by Crippen LogP contribution is 2.25. The van der Waals surface area contributed by atoms with Gasteiger partial charge in [-0.3, -0.25) is 18.7 Å². The summed E-state index contributed by atoms with van der Waals surface area (Å²) >= 11 is 0. The highest BCUT2D eigenvalue weighted by Gasteiger charge is 2.15. The van der Waals surface area contributed by atoms with Gasteiger partial charge in [-0.25, -0.2) is 9.78 Å². The summed E-state index contributed by atoms with van der Waals surface area (Å²) in [4.78, 5) is 40.9. The average molecular weight is 370 g/mol. The maximum Gasteiger partial charge on any atom is 0.332 e. The SMILES string of the molecule is COc1ccccc1OCC(=O)Nc1ccnc2c1c(=O)n(C)c(=O)n2C. The summed E-state index contributed by atoms with van der Waals surface area (Å²) in [6.07, 6.45) is 1.41. The summed E-state index contributed by atoms with van der Waals surface area (Å²) in [5.74, 6) is 0.459. The Morgan fingerprint density at radius 2 is 1.81 bits per heavy atom. The van der Waals surface area contributed by atoms with Gasteiger partial charge in [-0.2, -0.15) is 0 Å². The van der Waals surface area contributed by atoms with E-state index < -0.39 is 17.2 Å². The number of amides is 1. The van der Waals surface area contributed by atoms with E-state index in [1.807, 2.05) is 0 Å². The number of carbonyl (C=O) groups excluding carboxylic acids is 1. The third-order valence-corrected chi connectivity index (χ3v) is 4.04. The molecular formula is C18H18N4O5. The number of nitrogens with one attached hydrogen (secondary N) is 1. The van der Waals surface area contributed by atoms with E-state index in [1.165, 1.54) is 38.0 Å². The van der Waals surface area contributed by atoms with E-state index in [2.05, 4.69) is 10.3 Å². The van der Waals surface area contributed by atoms with Gasteiger partial charge in [0, 0.05) is 20.3 Å². The number of fused-ring (bicyclic) bond motifs is 1. The first-order chi connectivity index (χ1) is 12.9. The van der Waals surface area contributed by atoms with Crippen LogP contribution < -0.4 is 26.0 Å². The van der Waals surface area contributed by atoms with Crippen LogP contribution in [0.25, 0.3) is 11.0 Å². The third kappa shape index (κ3) is 3.39. The largest absolute Gasteiger partial charge is 0.493 e. The van der Waals surface area contributed by atoms with Gasteiger partial charge >= 0.3 is 5.69 Å². The number of carbonyl (C=O) groups is 1. The van der Waals surface area contributed by atoms with Crippen molar-refractivity contribution in [2.75, 3.05) is 19.0 Å². The van der Waals surface area contributed by atoms with Crippen molar-refractivity contribution in [1.82, 2.24) is 14.1 Å². The highest BCUT2D eigenvalue weighted by atomic mass is 16.5. The topological polar surface area (TPSA) is 104 Å². The summed E-state index contributed by atoms with van der Waals surface area (Å²) in [6, 6.07) is 8.44. The maximum absolute atomic E-state index is 12.5. The van der Waals surface area contributed by atoms with E-state index in [9.17, 15) is 14.4 Å². The number of nitrogens with zero attached hydrogens (tertiary/aromatic N) is 3. The second kappa shape index (κ2) is 7.32. The fourth-order valence-corrected chi connectivity index (χ4v) is 2.66. The molecule has 0 spiro atoms. The first-order valence-electron chi connectivity index (χ1n) is 8.04. The van der Waals surface area contributed by atoms with E-state index in [0.29, 0.717) is 11.5 Å². The van der Waals surface area contributed by atoms with Crippen molar-refractivity contribution < 1.29 is 14.3 Å². The molecule has 0 aliphatic carbocycles. The van der Waals surface area contributed by atoms with E-state index in [0.717, 1.165) is 4.57 Å². The summed E-state index contributed by atoms with van der Waals surface area (Å²) in [5, 5.41) is 2.78. The zero-order chi connectivity index (χ0) is 19.6.